The number of nitrogens with two attached hydrogens (primary N) is 1. The summed E-state index contributed by atoms with van der Waals surface area (Å²) in [4.78, 5) is 0. The fourth-order valence-corrected chi connectivity index (χ4v) is 1.77. The average Bonchev–Trinajstić information content (AvgIpc) is 2.52. The van der Waals surface area contributed by atoms with Crippen molar-refractivity contribution in [1.82, 2.24) is 0 Å². The van der Waals surface area contributed by atoms with Crippen molar-refractivity contribution < 1.29 is 14.2 Å². The van der Waals surface area contributed by atoms with Crippen LogP contribution in [0.4, 0.5) is 0 Å². The maximum Gasteiger partial charge on any atom is 0.124 e. The highest BCUT2D eigenvalue weighted by molar-refractivity contribution is 5.44. The summed E-state index contributed by atoms with van der Waals surface area (Å²) in [5.41, 5.74) is 7.28. The number of hydrogen-bond donors (Lipinski definition) is 1. The molecule has 2 N–H and O–H groups in total. The van der Waals surface area contributed by atoms with Gasteiger partial charge in [0.15, 0.2) is 0 Å². The topological polar surface area (TPSA) is 53.7 Å². The van der Waals surface area contributed by atoms with Gasteiger partial charge in [0.05, 0.1) is 33.5 Å². The molecule has 0 saturated heterocycles. The first-order valence-electron chi connectivity index (χ1n) is 7.33. The van der Waals surface area contributed by atoms with E-state index in [-0.39, 0.29) is 0 Å². The zero-order valence-corrected chi connectivity index (χ0v) is 13.0. The van der Waals surface area contributed by atoms with Gasteiger partial charge in [0.1, 0.15) is 5.75 Å². The Bertz CT molecular complexity index is 463. The van der Waals surface area contributed by atoms with Crippen molar-refractivity contribution in [2.45, 2.75) is 26.4 Å². The summed E-state index contributed by atoms with van der Waals surface area (Å²) in [5.74, 6) is 6.66. The maximum absolute atomic E-state index is 5.62. The number of benzene rings is 1. The van der Waals surface area contributed by atoms with Gasteiger partial charge >= 0.3 is 0 Å². The second-order valence-electron chi connectivity index (χ2n) is 4.55. The minimum Gasteiger partial charge on any atom is -0.496 e. The standard InChI is InChI=1S/C17H25NO3/c1-3-4-10-20-11-12-21-14-16-13-15(6-5-9-18)7-8-17(16)19-2/h7-8,13H,3-4,9-12,14,18H2,1-2H3. The van der Waals surface area contributed by atoms with Crippen LogP contribution in [-0.4, -0.2) is 33.5 Å². The van der Waals surface area contributed by atoms with Crippen LogP contribution in [0.1, 0.15) is 30.9 Å². The van der Waals surface area contributed by atoms with E-state index in [0.29, 0.717) is 26.4 Å². The van der Waals surface area contributed by atoms with E-state index in [0.717, 1.165) is 36.3 Å². The fourth-order valence-electron chi connectivity index (χ4n) is 1.77. The third-order valence-corrected chi connectivity index (χ3v) is 2.89. The Hall–Kier alpha value is -1.54. The number of methoxy groups -OCH3 is 1. The minimum absolute atomic E-state index is 0.354. The van der Waals surface area contributed by atoms with Crippen LogP contribution in [-0.2, 0) is 16.1 Å². The third-order valence-electron chi connectivity index (χ3n) is 2.89. The molecule has 21 heavy (non-hydrogen) atoms. The molecule has 0 atom stereocenters. The molecule has 0 radical (unpaired) electrons. The lowest BCUT2D eigenvalue weighted by Gasteiger charge is -2.10. The van der Waals surface area contributed by atoms with E-state index in [2.05, 4.69) is 18.8 Å². The number of unbranched alkanes of at least 4 members (excludes halogenated alkanes) is 1. The Labute approximate surface area is 127 Å². The molecule has 0 aliphatic carbocycles. The van der Waals surface area contributed by atoms with E-state index < -0.39 is 0 Å². The van der Waals surface area contributed by atoms with Crippen LogP contribution in [0.2, 0.25) is 0 Å². The van der Waals surface area contributed by atoms with Crippen molar-refractivity contribution in [3.05, 3.63) is 29.3 Å². The zero-order valence-electron chi connectivity index (χ0n) is 13.0. The predicted octanol–water partition coefficient (Wildman–Crippen LogP) is 2.34. The van der Waals surface area contributed by atoms with Crippen LogP contribution >= 0.6 is 0 Å². The Morgan fingerprint density at radius 1 is 1.14 bits per heavy atom. The van der Waals surface area contributed by atoms with E-state index >= 15 is 0 Å². The van der Waals surface area contributed by atoms with Gasteiger partial charge in [-0.05, 0) is 24.6 Å². The van der Waals surface area contributed by atoms with Crippen LogP contribution in [0.5, 0.6) is 5.75 Å². The first kappa shape index (κ1) is 17.5. The lowest BCUT2D eigenvalue weighted by molar-refractivity contribution is 0.0390. The molecule has 4 heteroatoms. The molecule has 0 spiro atoms. The highest BCUT2D eigenvalue weighted by Gasteiger charge is 2.04. The number of hydrogen-bond acceptors (Lipinski definition) is 4. The van der Waals surface area contributed by atoms with Gasteiger partial charge in [-0.3, -0.25) is 0 Å². The molecule has 0 aromatic heterocycles. The van der Waals surface area contributed by atoms with Gasteiger partial charge in [0, 0.05) is 17.7 Å². The molecule has 1 aromatic carbocycles. The molecule has 116 valence electrons. The molecular weight excluding hydrogens is 266 g/mol. The number of rotatable bonds is 9. The Balaban J connectivity index is 2.44. The average molecular weight is 291 g/mol. The Morgan fingerprint density at radius 2 is 1.95 bits per heavy atom. The van der Waals surface area contributed by atoms with E-state index in [1.807, 2.05) is 18.2 Å². The molecule has 0 aliphatic rings. The van der Waals surface area contributed by atoms with E-state index in [4.69, 9.17) is 19.9 Å². The van der Waals surface area contributed by atoms with Crippen molar-refractivity contribution in [1.29, 1.82) is 0 Å². The van der Waals surface area contributed by atoms with Gasteiger partial charge in [-0.2, -0.15) is 0 Å². The SMILES string of the molecule is CCCCOCCOCc1cc(C#CCN)ccc1OC. The normalized spacial score (nSPS) is 10.0. The monoisotopic (exact) mass is 291 g/mol. The summed E-state index contributed by atoms with van der Waals surface area (Å²) >= 11 is 0. The van der Waals surface area contributed by atoms with Gasteiger partial charge in [0.2, 0.25) is 0 Å². The quantitative estimate of drug-likeness (QED) is 0.560. The molecule has 4 nitrogen and oxygen atoms in total. The molecule has 0 unspecified atom stereocenters. The van der Waals surface area contributed by atoms with E-state index in [1.165, 1.54) is 0 Å². The maximum atomic E-state index is 5.62. The van der Waals surface area contributed by atoms with Crippen LogP contribution in [0.25, 0.3) is 0 Å². The van der Waals surface area contributed by atoms with E-state index in [9.17, 15) is 0 Å². The summed E-state index contributed by atoms with van der Waals surface area (Å²) < 4.78 is 16.4. The van der Waals surface area contributed by atoms with Gasteiger partial charge in [-0.25, -0.2) is 0 Å². The zero-order chi connectivity index (χ0) is 15.3. The first-order valence-corrected chi connectivity index (χ1v) is 7.33. The van der Waals surface area contributed by atoms with Crippen molar-refractivity contribution in [3.8, 4) is 17.6 Å². The fraction of sp³-hybridized carbons (Fsp3) is 0.529. The summed E-state index contributed by atoms with van der Waals surface area (Å²) in [6.45, 7) is 4.98. The smallest absolute Gasteiger partial charge is 0.124 e. The minimum atomic E-state index is 0.354. The second kappa shape index (κ2) is 11.2. The highest BCUT2D eigenvalue weighted by atomic mass is 16.5. The lowest BCUT2D eigenvalue weighted by atomic mass is 10.1. The molecular formula is C17H25NO3. The summed E-state index contributed by atoms with van der Waals surface area (Å²) in [5, 5.41) is 0. The number of ether oxygens (including phenoxy) is 3. The molecule has 0 saturated carbocycles. The predicted molar refractivity (Wildman–Crippen MR) is 84.3 cm³/mol. The first-order chi connectivity index (χ1) is 10.3. The Morgan fingerprint density at radius 3 is 2.67 bits per heavy atom. The van der Waals surface area contributed by atoms with Crippen molar-refractivity contribution >= 4 is 0 Å². The molecule has 0 fully saturated rings. The lowest BCUT2D eigenvalue weighted by Crippen LogP contribution is -2.06. The summed E-state index contributed by atoms with van der Waals surface area (Å²) in [7, 11) is 1.65. The van der Waals surface area contributed by atoms with Crippen LogP contribution in [0.15, 0.2) is 18.2 Å². The van der Waals surface area contributed by atoms with Gasteiger partial charge < -0.3 is 19.9 Å². The van der Waals surface area contributed by atoms with Crippen LogP contribution in [0.3, 0.4) is 0 Å². The van der Waals surface area contributed by atoms with Crippen molar-refractivity contribution in [2.24, 2.45) is 5.73 Å². The van der Waals surface area contributed by atoms with Gasteiger partial charge in [-0.15, -0.1) is 0 Å². The summed E-state index contributed by atoms with van der Waals surface area (Å²) in [6.07, 6.45) is 2.24. The molecule has 0 aliphatic heterocycles. The van der Waals surface area contributed by atoms with Gasteiger partial charge in [0.25, 0.3) is 0 Å². The molecule has 1 aromatic rings. The van der Waals surface area contributed by atoms with Gasteiger partial charge in [-0.1, -0.05) is 25.2 Å². The molecule has 1 rings (SSSR count). The molecule has 0 amide bonds. The van der Waals surface area contributed by atoms with Crippen LogP contribution in [0, 0.1) is 11.8 Å². The second-order valence-corrected chi connectivity index (χ2v) is 4.55. The van der Waals surface area contributed by atoms with E-state index in [1.54, 1.807) is 7.11 Å². The van der Waals surface area contributed by atoms with Crippen LogP contribution < -0.4 is 10.5 Å². The summed E-state index contributed by atoms with van der Waals surface area (Å²) in [6, 6.07) is 5.79. The third kappa shape index (κ3) is 7.14. The van der Waals surface area contributed by atoms with Crippen molar-refractivity contribution in [3.63, 3.8) is 0 Å². The van der Waals surface area contributed by atoms with Crippen molar-refractivity contribution in [2.75, 3.05) is 33.5 Å². The molecule has 0 bridgehead atoms. The molecule has 0 heterocycles. The Kier molecular flexibility index (Phi) is 9.30. The largest absolute Gasteiger partial charge is 0.496 e. The highest BCUT2D eigenvalue weighted by Crippen LogP contribution is 2.20.